The van der Waals surface area contributed by atoms with Crippen molar-refractivity contribution in [2.24, 2.45) is 0 Å². The van der Waals surface area contributed by atoms with Gasteiger partial charge in [0.25, 0.3) is 0 Å². The van der Waals surface area contributed by atoms with Gasteiger partial charge in [0.2, 0.25) is 0 Å². The highest BCUT2D eigenvalue weighted by Gasteiger charge is 2.10. The van der Waals surface area contributed by atoms with Gasteiger partial charge in [-0.05, 0) is 39.0 Å². The van der Waals surface area contributed by atoms with Crippen LogP contribution in [0.15, 0.2) is 54.6 Å². The molecule has 0 radical (unpaired) electrons. The second kappa shape index (κ2) is 11.8. The second-order valence-electron chi connectivity index (χ2n) is 4.94. The van der Waals surface area contributed by atoms with Gasteiger partial charge in [-0.1, -0.05) is 36.4 Å². The molecule has 0 spiro atoms. The Labute approximate surface area is 149 Å². The van der Waals surface area contributed by atoms with Crippen LogP contribution in [-0.4, -0.2) is 37.0 Å². The number of aldehydes is 1. The van der Waals surface area contributed by atoms with E-state index >= 15 is 0 Å². The summed E-state index contributed by atoms with van der Waals surface area (Å²) in [5, 5.41) is 1.91. The largest absolute Gasteiger partial charge is 0.462 e. The van der Waals surface area contributed by atoms with Gasteiger partial charge in [-0.3, -0.25) is 4.79 Å². The third kappa shape index (κ3) is 7.18. The second-order valence-corrected chi connectivity index (χ2v) is 4.94. The summed E-state index contributed by atoms with van der Waals surface area (Å²) in [5.41, 5.74) is 0.681. The lowest BCUT2D eigenvalue weighted by Gasteiger charge is -2.18. The molecule has 0 aliphatic heterocycles. The number of hydrogen-bond donors (Lipinski definition) is 0. The molecule has 0 saturated carbocycles. The van der Waals surface area contributed by atoms with Crippen molar-refractivity contribution >= 4 is 12.3 Å². The minimum absolute atomic E-state index is 0.312. The molecule has 25 heavy (non-hydrogen) atoms. The van der Waals surface area contributed by atoms with Crippen molar-refractivity contribution in [3.05, 3.63) is 65.7 Å². The van der Waals surface area contributed by atoms with E-state index < -0.39 is 5.97 Å². The molecule has 0 bridgehead atoms. The van der Waals surface area contributed by atoms with Crippen molar-refractivity contribution in [2.75, 3.05) is 19.7 Å². The fraction of sp³-hybridized carbons (Fsp3) is 0.300. The molecular formula is C20H25NO4. The first kappa shape index (κ1) is 20.4. The summed E-state index contributed by atoms with van der Waals surface area (Å²) in [5.74, 6) is 0.450. The summed E-state index contributed by atoms with van der Waals surface area (Å²) in [4.78, 5) is 27.3. The number of rotatable bonds is 7. The lowest BCUT2D eigenvalue weighted by molar-refractivity contribution is -0.0486. The maximum absolute atomic E-state index is 11.2. The van der Waals surface area contributed by atoms with Crippen LogP contribution in [0.25, 0.3) is 0 Å². The Bertz CT molecular complexity index is 639. The smallest absolute Gasteiger partial charge is 0.338 e. The molecule has 0 saturated heterocycles. The maximum Gasteiger partial charge on any atom is 0.338 e. The molecule has 134 valence electrons. The number of nitrogens with zero attached hydrogens (tertiary/aromatic N) is 1. The van der Waals surface area contributed by atoms with Crippen LogP contribution < -0.4 is 4.84 Å². The van der Waals surface area contributed by atoms with Crippen LogP contribution in [0.5, 0.6) is 5.75 Å². The Morgan fingerprint density at radius 3 is 2.12 bits per heavy atom. The highest BCUT2D eigenvalue weighted by Crippen LogP contribution is 2.10. The number of hydrogen-bond acceptors (Lipinski definition) is 5. The lowest BCUT2D eigenvalue weighted by atomic mass is 10.1. The number of benzene rings is 2. The number of hydroxylamine groups is 2. The number of esters is 1. The first-order valence-electron chi connectivity index (χ1n) is 8.35. The van der Waals surface area contributed by atoms with E-state index in [0.29, 0.717) is 24.0 Å². The van der Waals surface area contributed by atoms with E-state index in [1.807, 2.05) is 35.4 Å². The lowest BCUT2D eigenvalue weighted by Crippen LogP contribution is -2.26. The molecule has 5 nitrogen and oxygen atoms in total. The Balaban J connectivity index is 0.000000251. The summed E-state index contributed by atoms with van der Waals surface area (Å²) in [6, 6.07) is 16.4. The van der Waals surface area contributed by atoms with Gasteiger partial charge < -0.3 is 9.57 Å². The van der Waals surface area contributed by atoms with Gasteiger partial charge in [-0.2, -0.15) is 0 Å². The molecule has 0 aliphatic carbocycles. The van der Waals surface area contributed by atoms with Crippen LogP contribution in [0.1, 0.15) is 41.5 Å². The molecule has 2 aromatic carbocycles. The van der Waals surface area contributed by atoms with Gasteiger partial charge in [0, 0.05) is 18.7 Å². The predicted octanol–water partition coefficient (Wildman–Crippen LogP) is 4.00. The van der Waals surface area contributed by atoms with Gasteiger partial charge in [-0.25, -0.2) is 4.79 Å². The van der Waals surface area contributed by atoms with E-state index in [4.69, 9.17) is 9.57 Å². The fourth-order valence-corrected chi connectivity index (χ4v) is 1.98. The molecule has 0 fully saturated rings. The summed E-state index contributed by atoms with van der Waals surface area (Å²) in [6.07, 6.45) is 0.645. The summed E-state index contributed by atoms with van der Waals surface area (Å²) < 4.78 is 4.77. The number of carbonyl (C=O) groups is 2. The van der Waals surface area contributed by atoms with Crippen LogP contribution in [-0.2, 0) is 4.74 Å². The van der Waals surface area contributed by atoms with E-state index in [1.54, 1.807) is 31.2 Å². The average molecular weight is 343 g/mol. The molecule has 0 aromatic heterocycles. The third-order valence-electron chi connectivity index (χ3n) is 3.27. The van der Waals surface area contributed by atoms with Crippen molar-refractivity contribution in [1.82, 2.24) is 5.06 Å². The third-order valence-corrected chi connectivity index (χ3v) is 3.27. The Kier molecular flexibility index (Phi) is 9.63. The Hall–Kier alpha value is -2.66. The van der Waals surface area contributed by atoms with E-state index in [2.05, 4.69) is 13.8 Å². The van der Waals surface area contributed by atoms with E-state index in [-0.39, 0.29) is 0 Å². The van der Waals surface area contributed by atoms with E-state index in [0.717, 1.165) is 18.8 Å². The number of para-hydroxylation sites is 1. The SMILES string of the molecule is CCN(CC)Oc1ccccc1.CCOC(=O)c1ccccc1C=O. The average Bonchev–Trinajstić information content (AvgIpc) is 2.67. The van der Waals surface area contributed by atoms with Gasteiger partial charge in [0.1, 0.15) is 5.75 Å². The van der Waals surface area contributed by atoms with Gasteiger partial charge in [-0.15, -0.1) is 5.06 Å². The molecule has 2 aromatic rings. The molecule has 0 amide bonds. The van der Waals surface area contributed by atoms with Crippen molar-refractivity contribution in [3.8, 4) is 5.75 Å². The molecule has 5 heteroatoms. The van der Waals surface area contributed by atoms with Crippen LogP contribution in [0.3, 0.4) is 0 Å². The topological polar surface area (TPSA) is 55.8 Å². The van der Waals surface area contributed by atoms with Crippen molar-refractivity contribution in [1.29, 1.82) is 0 Å². The number of carbonyl (C=O) groups excluding carboxylic acids is 2. The Morgan fingerprint density at radius 2 is 1.56 bits per heavy atom. The molecular weight excluding hydrogens is 318 g/mol. The highest BCUT2D eigenvalue weighted by atomic mass is 16.7. The van der Waals surface area contributed by atoms with Crippen LogP contribution in [0.4, 0.5) is 0 Å². The van der Waals surface area contributed by atoms with Gasteiger partial charge in [0.15, 0.2) is 6.29 Å². The Morgan fingerprint density at radius 1 is 0.960 bits per heavy atom. The van der Waals surface area contributed by atoms with Crippen LogP contribution in [0.2, 0.25) is 0 Å². The maximum atomic E-state index is 11.2. The molecule has 0 heterocycles. The monoisotopic (exact) mass is 343 g/mol. The number of ether oxygens (including phenoxy) is 1. The normalized spacial score (nSPS) is 9.76. The molecule has 0 unspecified atom stereocenters. The van der Waals surface area contributed by atoms with Crippen molar-refractivity contribution < 1.29 is 19.2 Å². The predicted molar refractivity (Wildman–Crippen MR) is 97.8 cm³/mol. The quantitative estimate of drug-likeness (QED) is 0.432. The van der Waals surface area contributed by atoms with Crippen LogP contribution >= 0.6 is 0 Å². The molecule has 0 atom stereocenters. The molecule has 0 N–H and O–H groups in total. The minimum Gasteiger partial charge on any atom is -0.462 e. The van der Waals surface area contributed by atoms with Crippen molar-refractivity contribution in [3.63, 3.8) is 0 Å². The fourth-order valence-electron chi connectivity index (χ4n) is 1.98. The van der Waals surface area contributed by atoms with Crippen molar-refractivity contribution in [2.45, 2.75) is 20.8 Å². The first-order valence-corrected chi connectivity index (χ1v) is 8.35. The van der Waals surface area contributed by atoms with E-state index in [1.165, 1.54) is 0 Å². The van der Waals surface area contributed by atoms with Crippen LogP contribution in [0, 0.1) is 0 Å². The zero-order valence-electron chi connectivity index (χ0n) is 15.0. The molecule has 0 aliphatic rings. The van der Waals surface area contributed by atoms with Gasteiger partial charge in [0.05, 0.1) is 12.2 Å². The molecule has 2 rings (SSSR count). The zero-order chi connectivity index (χ0) is 18.5. The standard InChI is InChI=1S/C10H15NO.C10H10O3/c1-3-11(4-2)12-10-8-6-5-7-9-10;1-2-13-10(12)9-6-4-3-5-8(9)7-11/h5-9H,3-4H2,1-2H3;3-7H,2H2,1H3. The summed E-state index contributed by atoms with van der Waals surface area (Å²) >= 11 is 0. The zero-order valence-corrected chi connectivity index (χ0v) is 15.0. The first-order chi connectivity index (χ1) is 12.2. The summed E-state index contributed by atoms with van der Waals surface area (Å²) in [6.45, 7) is 8.00. The minimum atomic E-state index is -0.454. The summed E-state index contributed by atoms with van der Waals surface area (Å²) in [7, 11) is 0. The van der Waals surface area contributed by atoms with Gasteiger partial charge >= 0.3 is 5.97 Å². The van der Waals surface area contributed by atoms with E-state index in [9.17, 15) is 9.59 Å². The highest BCUT2D eigenvalue weighted by molar-refractivity contribution is 5.98.